The molecule has 10 heteroatoms. The van der Waals surface area contributed by atoms with Crippen molar-refractivity contribution < 1.29 is 17.9 Å². The van der Waals surface area contributed by atoms with Crippen LogP contribution < -0.4 is 5.32 Å². The van der Waals surface area contributed by atoms with E-state index in [0.717, 1.165) is 24.5 Å². The molecule has 32 heavy (non-hydrogen) atoms. The van der Waals surface area contributed by atoms with Gasteiger partial charge in [-0.3, -0.25) is 0 Å². The maximum atomic E-state index is 13.1. The zero-order chi connectivity index (χ0) is 23.0. The van der Waals surface area contributed by atoms with E-state index in [9.17, 15) is 13.2 Å². The lowest BCUT2D eigenvalue weighted by molar-refractivity contribution is 0.0730. The van der Waals surface area contributed by atoms with Crippen molar-refractivity contribution in [1.82, 2.24) is 14.1 Å². The van der Waals surface area contributed by atoms with Gasteiger partial charge in [-0.15, -0.1) is 11.3 Å². The Kier molecular flexibility index (Phi) is 9.06. The molecule has 1 aliphatic rings. The zero-order valence-electron chi connectivity index (χ0n) is 18.7. The number of benzene rings is 1. The van der Waals surface area contributed by atoms with Gasteiger partial charge in [-0.25, -0.2) is 13.2 Å². The van der Waals surface area contributed by atoms with E-state index in [4.69, 9.17) is 4.74 Å². The Morgan fingerprint density at radius 1 is 1.12 bits per heavy atom. The highest BCUT2D eigenvalue weighted by Gasteiger charge is 2.26. The van der Waals surface area contributed by atoms with Gasteiger partial charge in [0, 0.05) is 36.7 Å². The molecule has 1 aromatic heterocycles. The molecule has 0 spiro atoms. The number of carbonyl (C=O) groups excluding carboxylic acids is 1. The largest absolute Gasteiger partial charge is 0.379 e. The molecule has 1 fully saturated rings. The lowest BCUT2D eigenvalue weighted by Crippen LogP contribution is -2.41. The number of nitrogens with one attached hydrogen (secondary N) is 1. The van der Waals surface area contributed by atoms with E-state index in [0.29, 0.717) is 45.1 Å². The van der Waals surface area contributed by atoms with E-state index < -0.39 is 10.0 Å². The molecule has 2 amide bonds. The molecule has 0 bridgehead atoms. The predicted molar refractivity (Wildman–Crippen MR) is 128 cm³/mol. The fraction of sp³-hybridized carbons (Fsp3) is 0.500. The molecule has 1 aliphatic heterocycles. The average Bonchev–Trinajstić information content (AvgIpc) is 3.33. The van der Waals surface area contributed by atoms with Crippen LogP contribution >= 0.6 is 11.3 Å². The number of amides is 2. The summed E-state index contributed by atoms with van der Waals surface area (Å²) >= 11 is 1.61. The highest BCUT2D eigenvalue weighted by atomic mass is 32.2. The summed E-state index contributed by atoms with van der Waals surface area (Å²) in [7, 11) is -3.63. The number of anilines is 1. The monoisotopic (exact) mass is 480 g/mol. The number of urea groups is 1. The molecule has 0 saturated carbocycles. The molecule has 1 aromatic carbocycles. The normalized spacial score (nSPS) is 15.1. The van der Waals surface area contributed by atoms with E-state index in [1.54, 1.807) is 34.4 Å². The third-order valence-corrected chi connectivity index (χ3v) is 8.24. The highest BCUT2D eigenvalue weighted by molar-refractivity contribution is 7.89. The quantitative estimate of drug-likeness (QED) is 0.565. The Morgan fingerprint density at radius 3 is 2.53 bits per heavy atom. The van der Waals surface area contributed by atoms with Crippen molar-refractivity contribution in [2.45, 2.75) is 25.3 Å². The third kappa shape index (κ3) is 6.52. The van der Waals surface area contributed by atoms with Crippen molar-refractivity contribution in [1.29, 1.82) is 0 Å². The van der Waals surface area contributed by atoms with Gasteiger partial charge in [0.05, 0.1) is 24.7 Å². The number of hydrogen-bond donors (Lipinski definition) is 1. The molecule has 0 aliphatic carbocycles. The zero-order valence-corrected chi connectivity index (χ0v) is 20.3. The smallest absolute Gasteiger partial charge is 0.322 e. The first-order chi connectivity index (χ1) is 15.4. The van der Waals surface area contributed by atoms with Gasteiger partial charge in [-0.05, 0) is 42.7 Å². The summed E-state index contributed by atoms with van der Waals surface area (Å²) in [6.07, 6.45) is 0. The van der Waals surface area contributed by atoms with Crippen LogP contribution in [0.15, 0.2) is 46.7 Å². The van der Waals surface area contributed by atoms with Crippen molar-refractivity contribution in [3.63, 3.8) is 0 Å². The summed E-state index contributed by atoms with van der Waals surface area (Å²) in [6, 6.07) is 10.2. The molecule has 176 valence electrons. The maximum absolute atomic E-state index is 13.1. The van der Waals surface area contributed by atoms with E-state index in [-0.39, 0.29) is 10.9 Å². The Labute approximate surface area is 194 Å². The summed E-state index contributed by atoms with van der Waals surface area (Å²) < 4.78 is 32.6. The lowest BCUT2D eigenvalue weighted by atomic mass is 10.3. The molecule has 0 atom stereocenters. The van der Waals surface area contributed by atoms with Crippen molar-refractivity contribution in [2.75, 3.05) is 57.8 Å². The second-order valence-corrected chi connectivity index (χ2v) is 10.5. The highest BCUT2D eigenvalue weighted by Crippen LogP contribution is 2.21. The molecular formula is C22H32N4O4S2. The number of carbonyl (C=O) groups is 1. The SMILES string of the molecule is CCN(CC)CCN(Cc1cccs1)C(=O)Nc1cccc(S(=O)(=O)N2CCOCC2)c1. The van der Waals surface area contributed by atoms with Crippen molar-refractivity contribution in [2.24, 2.45) is 0 Å². The minimum Gasteiger partial charge on any atom is -0.379 e. The maximum Gasteiger partial charge on any atom is 0.322 e. The molecule has 0 radical (unpaired) electrons. The number of ether oxygens (including phenoxy) is 1. The average molecular weight is 481 g/mol. The Bertz CT molecular complexity index is 956. The van der Waals surface area contributed by atoms with Gasteiger partial charge < -0.3 is 19.9 Å². The fourth-order valence-electron chi connectivity index (χ4n) is 3.52. The minimum atomic E-state index is -3.63. The molecule has 3 rings (SSSR count). The second kappa shape index (κ2) is 11.8. The summed E-state index contributed by atoms with van der Waals surface area (Å²) in [6.45, 7) is 9.36. The Morgan fingerprint density at radius 2 is 1.88 bits per heavy atom. The van der Waals surface area contributed by atoms with Crippen LogP contribution in [0.3, 0.4) is 0 Å². The van der Waals surface area contributed by atoms with Crippen molar-refractivity contribution in [3.05, 3.63) is 46.7 Å². The van der Waals surface area contributed by atoms with E-state index in [2.05, 4.69) is 24.1 Å². The topological polar surface area (TPSA) is 82.2 Å². The third-order valence-electron chi connectivity index (χ3n) is 5.49. The van der Waals surface area contributed by atoms with Crippen LogP contribution in [-0.2, 0) is 21.3 Å². The van der Waals surface area contributed by atoms with E-state index in [1.807, 2.05) is 17.5 Å². The van der Waals surface area contributed by atoms with Gasteiger partial charge in [-0.1, -0.05) is 26.0 Å². The summed E-state index contributed by atoms with van der Waals surface area (Å²) in [5.74, 6) is 0. The van der Waals surface area contributed by atoms with Crippen molar-refractivity contribution >= 4 is 33.1 Å². The molecule has 1 saturated heterocycles. The van der Waals surface area contributed by atoms with Gasteiger partial charge in [0.2, 0.25) is 10.0 Å². The number of thiophene rings is 1. The molecule has 8 nitrogen and oxygen atoms in total. The van der Waals surface area contributed by atoms with Gasteiger partial charge in [0.25, 0.3) is 0 Å². The van der Waals surface area contributed by atoms with Crippen LogP contribution in [0, 0.1) is 0 Å². The number of hydrogen-bond acceptors (Lipinski definition) is 6. The summed E-state index contributed by atoms with van der Waals surface area (Å²) in [5, 5.41) is 4.89. The fourth-order valence-corrected chi connectivity index (χ4v) is 5.69. The standard InChI is InChI=1S/C22H32N4O4S2/c1-3-24(4-2)10-11-25(18-20-8-6-16-31-20)22(27)23-19-7-5-9-21(17-19)32(28,29)26-12-14-30-15-13-26/h5-9,16-17H,3-4,10-15,18H2,1-2H3,(H,23,27). The first kappa shape index (κ1) is 24.7. The Hall–Kier alpha value is -1.98. The molecule has 1 N–H and O–H groups in total. The molecule has 0 unspecified atom stereocenters. The van der Waals surface area contributed by atoms with E-state index >= 15 is 0 Å². The molecule has 2 aromatic rings. The number of morpholine rings is 1. The van der Waals surface area contributed by atoms with Crippen LogP contribution in [0.4, 0.5) is 10.5 Å². The number of sulfonamides is 1. The summed E-state index contributed by atoms with van der Waals surface area (Å²) in [5.41, 5.74) is 0.461. The Balaban J connectivity index is 1.72. The van der Waals surface area contributed by atoms with Gasteiger partial charge in [0.15, 0.2) is 0 Å². The second-order valence-electron chi connectivity index (χ2n) is 7.50. The number of nitrogens with zero attached hydrogens (tertiary/aromatic N) is 3. The first-order valence-electron chi connectivity index (χ1n) is 10.9. The van der Waals surface area contributed by atoms with E-state index in [1.165, 1.54) is 10.4 Å². The molecule has 2 heterocycles. The van der Waals surface area contributed by atoms with Crippen LogP contribution in [-0.4, -0.2) is 81.0 Å². The van der Waals surface area contributed by atoms with Gasteiger partial charge in [-0.2, -0.15) is 4.31 Å². The van der Waals surface area contributed by atoms with Crippen LogP contribution in [0.1, 0.15) is 18.7 Å². The lowest BCUT2D eigenvalue weighted by Gasteiger charge is -2.27. The number of rotatable bonds is 10. The van der Waals surface area contributed by atoms with Crippen LogP contribution in [0.25, 0.3) is 0 Å². The van der Waals surface area contributed by atoms with Crippen LogP contribution in [0.5, 0.6) is 0 Å². The van der Waals surface area contributed by atoms with Crippen LogP contribution in [0.2, 0.25) is 0 Å². The van der Waals surface area contributed by atoms with Gasteiger partial charge in [0.1, 0.15) is 0 Å². The number of likely N-dealkylation sites (N-methyl/N-ethyl adjacent to an activating group) is 1. The molecular weight excluding hydrogens is 448 g/mol. The van der Waals surface area contributed by atoms with Gasteiger partial charge >= 0.3 is 6.03 Å². The predicted octanol–water partition coefficient (Wildman–Crippen LogP) is 3.14. The first-order valence-corrected chi connectivity index (χ1v) is 13.2. The minimum absolute atomic E-state index is 0.171. The summed E-state index contributed by atoms with van der Waals surface area (Å²) in [4.78, 5) is 18.4. The van der Waals surface area contributed by atoms with Crippen molar-refractivity contribution in [3.8, 4) is 0 Å².